The lowest BCUT2D eigenvalue weighted by molar-refractivity contribution is -0.214. The van der Waals surface area contributed by atoms with Crippen LogP contribution in [0.2, 0.25) is 0 Å². The van der Waals surface area contributed by atoms with E-state index >= 15 is 0 Å². The molecule has 24 heteroatoms. The van der Waals surface area contributed by atoms with E-state index in [4.69, 9.17) is 29.4 Å². The fourth-order valence-corrected chi connectivity index (χ4v) is 10.2. The molecule has 7 amide bonds. The summed E-state index contributed by atoms with van der Waals surface area (Å²) in [4.78, 5) is 131. The Hall–Kier alpha value is -8.48. The van der Waals surface area contributed by atoms with Crippen LogP contribution < -0.4 is 31.7 Å². The minimum Gasteiger partial charge on any atom is -0.507 e. The Morgan fingerprint density at radius 1 is 0.864 bits per heavy atom. The number of nitrogens with two attached hydrogens (primary N) is 1. The van der Waals surface area contributed by atoms with Gasteiger partial charge in [-0.1, -0.05) is 56.7 Å². The molecule has 432 valence electrons. The zero-order valence-electron chi connectivity index (χ0n) is 45.3. The molecule has 0 bridgehead atoms. The number of hydrogen-bond acceptors (Lipinski definition) is 18. The monoisotopic (exact) mass is 1120 g/mol. The molecule has 0 aromatic heterocycles. The molecule has 2 aliphatic heterocycles. The van der Waals surface area contributed by atoms with E-state index in [0.29, 0.717) is 31.2 Å². The van der Waals surface area contributed by atoms with Gasteiger partial charge < -0.3 is 66.0 Å². The summed E-state index contributed by atoms with van der Waals surface area (Å²) in [7, 11) is 1.31. The van der Waals surface area contributed by atoms with Gasteiger partial charge in [-0.2, -0.15) is 0 Å². The number of amides is 7. The number of phenolic OH excluding ortho intramolecular Hbond substituents is 2. The summed E-state index contributed by atoms with van der Waals surface area (Å²) in [6.07, 6.45) is -0.460. The first-order chi connectivity index (χ1) is 38.5. The molecule has 7 rings (SSSR count). The number of methoxy groups -OCH3 is 1. The fraction of sp³-hybridized carbons (Fsp3) is 0.439. The van der Waals surface area contributed by atoms with Crippen LogP contribution in [-0.4, -0.2) is 136 Å². The molecule has 2 heterocycles. The minimum atomic E-state index is -2.45. The first-order valence-electron chi connectivity index (χ1n) is 26.5. The maximum Gasteiger partial charge on any atom is 0.509 e. The third-order valence-corrected chi connectivity index (χ3v) is 14.3. The molecule has 6 atom stereocenters. The first kappa shape index (κ1) is 60.2. The molecular weight excluding hydrogens is 1060 g/mol. The Bertz CT molecular complexity index is 3030. The van der Waals surface area contributed by atoms with Gasteiger partial charge in [-0.25, -0.2) is 9.59 Å². The van der Waals surface area contributed by atoms with E-state index in [1.807, 2.05) is 0 Å². The molecule has 24 nitrogen and oxygen atoms in total. The summed E-state index contributed by atoms with van der Waals surface area (Å²) in [5.74, 6) is -6.98. The molecule has 2 aliphatic carbocycles. The summed E-state index contributed by atoms with van der Waals surface area (Å²) >= 11 is 0. The Labute approximate surface area is 465 Å². The molecule has 0 saturated carbocycles. The van der Waals surface area contributed by atoms with Crippen molar-refractivity contribution in [2.75, 3.05) is 32.1 Å². The number of urea groups is 1. The smallest absolute Gasteiger partial charge is 0.507 e. The Morgan fingerprint density at radius 2 is 1.57 bits per heavy atom. The second-order valence-electron chi connectivity index (χ2n) is 20.6. The standard InChI is InChI=1S/C57H66N6O18/c1-29(2)48(62-40(65)14-7-6-8-22-63-41(66)19-20-42(63)67)54(73)61-36(12-10-21-59-55(58)74)53(72)60-33-17-15-32(16-18-33)27-78-56(75)79-28-39(64)57(76)25-35-45(38(26-57)81-43-24-30(3)23-31(4)80-43)52(71)47-46(50(35)69)49(68)34-11-9-13-37(77-5)44(34)51(47)70/h9,11,13,15-20,29,31,36,38,43,48,69,71,76H,3,6-8,10,12,14,21-28H2,1-2,4-5H3,(H,60,72)(H,61,73)(H,62,65)(H3,58,59,74)/t31-,36+,38-,43-,48+,57-/m0/s1. The number of imide groups is 1. The van der Waals surface area contributed by atoms with Crippen molar-refractivity contribution in [3.63, 3.8) is 0 Å². The quantitative estimate of drug-likeness (QED) is 0.0161. The van der Waals surface area contributed by atoms with E-state index in [0.717, 1.165) is 10.5 Å². The Balaban J connectivity index is 0.955. The van der Waals surface area contributed by atoms with Crippen LogP contribution in [0.3, 0.4) is 0 Å². The van der Waals surface area contributed by atoms with Crippen molar-refractivity contribution in [3.8, 4) is 17.2 Å². The van der Waals surface area contributed by atoms with Gasteiger partial charge in [0.1, 0.15) is 41.5 Å². The number of carbonyl (C=O) groups excluding carboxylic acids is 10. The number of Topliss-reactive ketones (excluding diaryl/α,β-unsaturated/α-hetero) is 1. The van der Waals surface area contributed by atoms with Crippen molar-refractivity contribution in [3.05, 3.63) is 106 Å². The second kappa shape index (κ2) is 26.2. The van der Waals surface area contributed by atoms with Gasteiger partial charge in [-0.3, -0.25) is 43.3 Å². The van der Waals surface area contributed by atoms with Crippen molar-refractivity contribution in [2.24, 2.45) is 11.7 Å². The van der Waals surface area contributed by atoms with E-state index in [9.17, 15) is 63.3 Å². The highest BCUT2D eigenvalue weighted by molar-refractivity contribution is 6.31. The molecule has 0 unspecified atom stereocenters. The number of anilines is 1. The summed E-state index contributed by atoms with van der Waals surface area (Å²) in [6, 6.07) is 7.34. The zero-order valence-corrected chi connectivity index (χ0v) is 45.3. The topological polar surface area (TPSA) is 355 Å². The number of fused-ring (bicyclic) bond motifs is 3. The number of nitrogens with one attached hydrogen (secondary N) is 4. The van der Waals surface area contributed by atoms with E-state index in [-0.39, 0.29) is 97.0 Å². The van der Waals surface area contributed by atoms with E-state index < -0.39 is 125 Å². The van der Waals surface area contributed by atoms with Crippen molar-refractivity contribution < 1.29 is 86.9 Å². The first-order valence-corrected chi connectivity index (χ1v) is 26.5. The third-order valence-electron chi connectivity index (χ3n) is 14.3. The van der Waals surface area contributed by atoms with Gasteiger partial charge in [0.25, 0.3) is 11.8 Å². The van der Waals surface area contributed by atoms with Crippen LogP contribution in [0, 0.1) is 5.92 Å². The highest BCUT2D eigenvalue weighted by Crippen LogP contribution is 2.52. The number of benzene rings is 3. The largest absolute Gasteiger partial charge is 0.509 e. The number of ether oxygens (including phenoxy) is 5. The molecule has 0 radical (unpaired) electrons. The normalized spacial score (nSPS) is 19.9. The van der Waals surface area contributed by atoms with Crippen LogP contribution in [0.1, 0.15) is 133 Å². The number of unbranched alkanes of at least 4 members (excludes halogenated alkanes) is 2. The lowest BCUT2D eigenvalue weighted by Crippen LogP contribution is -2.54. The highest BCUT2D eigenvalue weighted by atomic mass is 16.7. The zero-order chi connectivity index (χ0) is 58.9. The van der Waals surface area contributed by atoms with Crippen LogP contribution >= 0.6 is 0 Å². The van der Waals surface area contributed by atoms with Crippen LogP contribution in [0.4, 0.5) is 15.3 Å². The SMILES string of the molecule is C=C1C[C@H](O[C@H]2C[C@](O)(C(=O)COC(=O)OCc3ccc(NC(=O)[C@@H](CCCNC(N)=O)NC(=O)[C@H](NC(=O)CCCCCN4C(=O)C=CC4=O)C(C)C)cc3)Cc3c(O)c4c(c(O)c32)C(=O)c2c(OC)cccc2C4=O)O[C@@H](C)C1. The average Bonchev–Trinajstić information content (AvgIpc) is 3.77. The lowest BCUT2D eigenvalue weighted by Gasteiger charge is -2.41. The number of ketones is 3. The number of phenols is 2. The summed E-state index contributed by atoms with van der Waals surface area (Å²) in [5.41, 5.74) is 2.46. The molecule has 4 aliphatic rings. The summed E-state index contributed by atoms with van der Waals surface area (Å²) in [5, 5.41) is 46.4. The van der Waals surface area contributed by atoms with Crippen molar-refractivity contribution in [2.45, 2.75) is 128 Å². The molecular formula is C57H66N6O18. The van der Waals surface area contributed by atoms with E-state index in [1.54, 1.807) is 20.8 Å². The summed E-state index contributed by atoms with van der Waals surface area (Å²) < 4.78 is 28.0. The van der Waals surface area contributed by atoms with E-state index in [1.165, 1.54) is 61.7 Å². The third kappa shape index (κ3) is 14.3. The van der Waals surface area contributed by atoms with Gasteiger partial charge >= 0.3 is 12.2 Å². The van der Waals surface area contributed by atoms with Gasteiger partial charge in [0, 0.05) is 73.3 Å². The van der Waals surface area contributed by atoms with Crippen LogP contribution in [0.15, 0.2) is 66.8 Å². The minimum absolute atomic E-state index is 0.0534. The molecule has 1 saturated heterocycles. The van der Waals surface area contributed by atoms with Gasteiger partial charge in [-0.05, 0) is 68.7 Å². The van der Waals surface area contributed by atoms with Gasteiger partial charge in [0.15, 0.2) is 18.7 Å². The highest BCUT2D eigenvalue weighted by Gasteiger charge is 2.50. The molecule has 3 aromatic carbocycles. The molecule has 9 N–H and O–H groups in total. The lowest BCUT2D eigenvalue weighted by atomic mass is 9.72. The molecule has 1 fully saturated rings. The number of aromatic hydroxyl groups is 2. The van der Waals surface area contributed by atoms with Gasteiger partial charge in [0.2, 0.25) is 29.3 Å². The molecule has 81 heavy (non-hydrogen) atoms. The van der Waals surface area contributed by atoms with Crippen molar-refractivity contribution >= 4 is 64.8 Å². The number of primary amides is 1. The summed E-state index contributed by atoms with van der Waals surface area (Å²) in [6.45, 7) is 8.16. The maximum atomic E-state index is 14.1. The Morgan fingerprint density at radius 3 is 2.23 bits per heavy atom. The Kier molecular flexibility index (Phi) is 19.5. The number of carbonyl (C=O) groups is 10. The fourth-order valence-electron chi connectivity index (χ4n) is 10.2. The van der Waals surface area contributed by atoms with Crippen LogP contribution in [0.5, 0.6) is 17.2 Å². The van der Waals surface area contributed by atoms with Crippen molar-refractivity contribution in [1.82, 2.24) is 20.9 Å². The number of hydrogen-bond donors (Lipinski definition) is 8. The van der Waals surface area contributed by atoms with E-state index in [2.05, 4.69) is 27.8 Å². The molecule has 3 aromatic rings. The van der Waals surface area contributed by atoms with Crippen LogP contribution in [-0.2, 0) is 60.7 Å². The average molecular weight is 1120 g/mol. The maximum absolute atomic E-state index is 14.1. The number of nitrogens with zero attached hydrogens (tertiary/aromatic N) is 1. The van der Waals surface area contributed by atoms with Crippen molar-refractivity contribution in [1.29, 1.82) is 0 Å². The number of aliphatic hydroxyl groups is 1. The second-order valence-corrected chi connectivity index (χ2v) is 20.6. The number of rotatable bonds is 24. The molecule has 0 spiro atoms. The van der Waals surface area contributed by atoms with Gasteiger partial charge in [0.05, 0.1) is 36.0 Å². The van der Waals surface area contributed by atoms with Gasteiger partial charge in [-0.15, -0.1) is 0 Å². The predicted molar refractivity (Wildman–Crippen MR) is 285 cm³/mol. The predicted octanol–water partition coefficient (Wildman–Crippen LogP) is 4.12. The van der Waals surface area contributed by atoms with Crippen LogP contribution in [0.25, 0.3) is 0 Å².